The summed E-state index contributed by atoms with van der Waals surface area (Å²) in [6.07, 6.45) is 5.98. The Morgan fingerprint density at radius 3 is 2.77 bits per heavy atom. The number of nitrogens with zero attached hydrogens (tertiary/aromatic N) is 1. The Balaban J connectivity index is 1.67. The number of piperidine rings is 1. The summed E-state index contributed by atoms with van der Waals surface area (Å²) < 4.78 is 23.1. The monoisotopic (exact) mass is 417 g/mol. The van der Waals surface area contributed by atoms with Crippen molar-refractivity contribution in [1.82, 2.24) is 4.90 Å². The van der Waals surface area contributed by atoms with Crippen LogP contribution in [-0.2, 0) is 14.3 Å². The number of allylic oxidation sites excluding steroid dienone is 1. The molecule has 4 rings (SSSR count). The first kappa shape index (κ1) is 21.0. The van der Waals surface area contributed by atoms with Gasteiger partial charge in [-0.1, -0.05) is 6.07 Å². The first-order valence-electron chi connectivity index (χ1n) is 11.0. The molecule has 30 heavy (non-hydrogen) atoms. The number of aliphatic hydroxyl groups excluding tert-OH is 1. The van der Waals surface area contributed by atoms with E-state index < -0.39 is 6.29 Å². The third-order valence-corrected chi connectivity index (χ3v) is 6.05. The Morgan fingerprint density at radius 2 is 2.00 bits per heavy atom. The fourth-order valence-corrected chi connectivity index (χ4v) is 4.51. The highest BCUT2D eigenvalue weighted by Crippen LogP contribution is 2.43. The van der Waals surface area contributed by atoms with Gasteiger partial charge in [-0.15, -0.1) is 0 Å². The molecule has 164 valence electrons. The number of hydrogen-bond acceptors (Lipinski definition) is 6. The fraction of sp³-hybridized carbons (Fsp3) is 0.609. The lowest BCUT2D eigenvalue weighted by Gasteiger charge is -2.38. The van der Waals surface area contributed by atoms with Gasteiger partial charge in [-0.3, -0.25) is 4.79 Å². The molecule has 1 aromatic rings. The highest BCUT2D eigenvalue weighted by molar-refractivity contribution is 5.92. The maximum Gasteiger partial charge on any atom is 0.288 e. The van der Waals surface area contributed by atoms with Crippen LogP contribution in [-0.4, -0.2) is 55.3 Å². The molecule has 3 atom stereocenters. The van der Waals surface area contributed by atoms with E-state index in [0.717, 1.165) is 50.1 Å². The minimum atomic E-state index is -0.536. The molecular weight excluding hydrogens is 386 g/mol. The van der Waals surface area contributed by atoms with Crippen LogP contribution in [0.1, 0.15) is 50.5 Å². The molecule has 7 heteroatoms. The highest BCUT2D eigenvalue weighted by Gasteiger charge is 2.39. The fourth-order valence-electron chi connectivity index (χ4n) is 4.51. The van der Waals surface area contributed by atoms with Gasteiger partial charge in [0.1, 0.15) is 0 Å². The maximum atomic E-state index is 13.2. The van der Waals surface area contributed by atoms with Gasteiger partial charge in [-0.25, -0.2) is 0 Å². The smallest absolute Gasteiger partial charge is 0.288 e. The first-order valence-corrected chi connectivity index (χ1v) is 11.0. The van der Waals surface area contributed by atoms with Crippen LogP contribution < -0.4 is 9.47 Å². The Bertz CT molecular complexity index is 773. The molecule has 0 bridgehead atoms. The number of ether oxygens (including phenoxy) is 4. The quantitative estimate of drug-likeness (QED) is 0.734. The zero-order valence-corrected chi connectivity index (χ0v) is 17.5. The van der Waals surface area contributed by atoms with Crippen LogP contribution in [0, 0.1) is 5.92 Å². The Labute approximate surface area is 177 Å². The maximum absolute atomic E-state index is 13.2. The van der Waals surface area contributed by atoms with Crippen LogP contribution in [0.15, 0.2) is 30.0 Å². The zero-order chi connectivity index (χ0) is 20.9. The summed E-state index contributed by atoms with van der Waals surface area (Å²) >= 11 is 0. The lowest BCUT2D eigenvalue weighted by atomic mass is 9.80. The number of hydrogen-bond donors (Lipinski definition) is 1. The van der Waals surface area contributed by atoms with Gasteiger partial charge in [0.05, 0.1) is 0 Å². The minimum absolute atomic E-state index is 0.0182. The topological polar surface area (TPSA) is 77.5 Å². The Hall–Kier alpha value is -2.25. The van der Waals surface area contributed by atoms with Crippen molar-refractivity contribution in [3.63, 3.8) is 0 Å². The van der Waals surface area contributed by atoms with E-state index in [0.29, 0.717) is 24.5 Å². The van der Waals surface area contributed by atoms with Gasteiger partial charge in [0.15, 0.2) is 17.3 Å². The van der Waals surface area contributed by atoms with Crippen molar-refractivity contribution < 1.29 is 28.8 Å². The molecule has 0 spiro atoms. The summed E-state index contributed by atoms with van der Waals surface area (Å²) in [6, 6.07) is 5.90. The van der Waals surface area contributed by atoms with Crippen LogP contribution in [0.5, 0.6) is 11.5 Å². The minimum Gasteiger partial charge on any atom is -0.459 e. The van der Waals surface area contributed by atoms with Crippen molar-refractivity contribution in [3.8, 4) is 11.5 Å². The van der Waals surface area contributed by atoms with Crippen molar-refractivity contribution in [1.29, 1.82) is 0 Å². The van der Waals surface area contributed by atoms with Crippen molar-refractivity contribution in [2.24, 2.45) is 5.92 Å². The molecule has 1 fully saturated rings. The second-order valence-electron chi connectivity index (χ2n) is 7.99. The van der Waals surface area contributed by atoms with Crippen molar-refractivity contribution in [3.05, 3.63) is 35.6 Å². The average molecular weight is 418 g/mol. The number of likely N-dealkylation sites (tertiary alicyclic amines) is 1. The standard InChI is InChI=1S/C23H31NO6/c1-2-27-23-17(7-6-12-25)18(16-8-9-19-20(13-16)29-15-28-19)14-21(30-23)22(26)24-10-4-3-5-11-24/h8-9,13-14,17-18,23,25H,2-7,10-12,15H2,1H3/t17-,18-,23-/m1/s1. The zero-order valence-electron chi connectivity index (χ0n) is 17.5. The predicted molar refractivity (Wildman–Crippen MR) is 110 cm³/mol. The Morgan fingerprint density at radius 1 is 1.20 bits per heavy atom. The summed E-state index contributed by atoms with van der Waals surface area (Å²) in [6.45, 7) is 4.26. The van der Waals surface area contributed by atoms with Gasteiger partial charge < -0.3 is 29.0 Å². The molecular formula is C23H31NO6. The summed E-state index contributed by atoms with van der Waals surface area (Å²) in [7, 11) is 0. The second kappa shape index (κ2) is 9.71. The van der Waals surface area contributed by atoms with Gasteiger partial charge in [0, 0.05) is 38.1 Å². The number of aliphatic hydroxyl groups is 1. The molecule has 1 aromatic carbocycles. The van der Waals surface area contributed by atoms with Gasteiger partial charge in [0.2, 0.25) is 13.1 Å². The lowest BCUT2D eigenvalue weighted by molar-refractivity contribution is -0.170. The van der Waals surface area contributed by atoms with Crippen LogP contribution in [0.4, 0.5) is 0 Å². The van der Waals surface area contributed by atoms with Gasteiger partial charge in [0.25, 0.3) is 5.91 Å². The third kappa shape index (κ3) is 4.42. The van der Waals surface area contributed by atoms with Crippen molar-refractivity contribution in [2.75, 3.05) is 33.1 Å². The molecule has 0 radical (unpaired) electrons. The van der Waals surface area contributed by atoms with Crippen molar-refractivity contribution in [2.45, 2.75) is 51.2 Å². The van der Waals surface area contributed by atoms with E-state index in [1.165, 1.54) is 0 Å². The predicted octanol–water partition coefficient (Wildman–Crippen LogP) is 3.18. The number of rotatable bonds is 7. The second-order valence-corrected chi connectivity index (χ2v) is 7.99. The molecule has 3 heterocycles. The van der Waals surface area contributed by atoms with Crippen LogP contribution in [0.25, 0.3) is 0 Å². The number of amides is 1. The van der Waals surface area contributed by atoms with E-state index in [1.54, 1.807) is 0 Å². The third-order valence-electron chi connectivity index (χ3n) is 6.05. The number of benzene rings is 1. The highest BCUT2D eigenvalue weighted by atomic mass is 16.7. The van der Waals surface area contributed by atoms with E-state index in [-0.39, 0.29) is 31.1 Å². The normalized spacial score (nSPS) is 25.6. The lowest BCUT2D eigenvalue weighted by Crippen LogP contribution is -2.42. The summed E-state index contributed by atoms with van der Waals surface area (Å²) in [5.74, 6) is 1.64. The average Bonchev–Trinajstić information content (AvgIpc) is 3.26. The SMILES string of the molecule is CCO[C@@H]1OC(C(=O)N2CCCCC2)=C[C@H](c2ccc3c(c2)OCO3)[C@H]1CCCO. The summed E-state index contributed by atoms with van der Waals surface area (Å²) in [5, 5.41) is 9.41. The summed E-state index contributed by atoms with van der Waals surface area (Å²) in [5.41, 5.74) is 1.03. The van der Waals surface area contributed by atoms with E-state index >= 15 is 0 Å². The molecule has 0 aromatic heterocycles. The Kier molecular flexibility index (Phi) is 6.79. The molecule has 3 aliphatic rings. The molecule has 0 unspecified atom stereocenters. The van der Waals surface area contributed by atoms with Gasteiger partial charge in [-0.2, -0.15) is 0 Å². The molecule has 0 aliphatic carbocycles. The number of carbonyl (C=O) groups is 1. The number of carbonyl (C=O) groups excluding carboxylic acids is 1. The van der Waals surface area contributed by atoms with Gasteiger partial charge in [-0.05, 0) is 62.8 Å². The molecule has 7 nitrogen and oxygen atoms in total. The summed E-state index contributed by atoms with van der Waals surface area (Å²) in [4.78, 5) is 15.1. The largest absolute Gasteiger partial charge is 0.459 e. The first-order chi connectivity index (χ1) is 14.7. The molecule has 1 amide bonds. The van der Waals surface area contributed by atoms with Crippen molar-refractivity contribution >= 4 is 5.91 Å². The van der Waals surface area contributed by atoms with E-state index in [2.05, 4.69) is 0 Å². The van der Waals surface area contributed by atoms with Crippen LogP contribution >= 0.6 is 0 Å². The number of fused-ring (bicyclic) bond motifs is 1. The van der Waals surface area contributed by atoms with E-state index in [4.69, 9.17) is 18.9 Å². The van der Waals surface area contributed by atoms with Gasteiger partial charge >= 0.3 is 0 Å². The molecule has 0 saturated carbocycles. The molecule has 1 N–H and O–H groups in total. The van der Waals surface area contributed by atoms with E-state index in [9.17, 15) is 9.90 Å². The van der Waals surface area contributed by atoms with Crippen LogP contribution in [0.3, 0.4) is 0 Å². The molecule has 1 saturated heterocycles. The van der Waals surface area contributed by atoms with E-state index in [1.807, 2.05) is 36.1 Å². The van der Waals surface area contributed by atoms with Crippen LogP contribution in [0.2, 0.25) is 0 Å². The molecule has 3 aliphatic heterocycles.